The third kappa shape index (κ3) is 5.84. The molecular formula is C29H36ClN3O6S. The number of aryl methyl sites for hydroxylation is 1. The number of ether oxygens (including phenoxy) is 2. The quantitative estimate of drug-likeness (QED) is 0.360. The average Bonchev–Trinajstić information content (AvgIpc) is 3.12. The van der Waals surface area contributed by atoms with E-state index in [9.17, 15) is 18.0 Å². The molecule has 0 saturated carbocycles. The van der Waals surface area contributed by atoms with Gasteiger partial charge >= 0.3 is 11.9 Å². The molecule has 216 valence electrons. The number of hydrogen-bond acceptors (Lipinski definition) is 8. The number of carbonyl (C=O) groups is 2. The van der Waals surface area contributed by atoms with Crippen LogP contribution in [0.2, 0.25) is 5.02 Å². The Kier molecular flexibility index (Phi) is 8.70. The van der Waals surface area contributed by atoms with Crippen molar-refractivity contribution >= 4 is 45.0 Å². The summed E-state index contributed by atoms with van der Waals surface area (Å²) in [5.41, 5.74) is -3.07. The van der Waals surface area contributed by atoms with Crippen LogP contribution in [0.15, 0.2) is 63.4 Å². The monoisotopic (exact) mass is 589 g/mol. The molecule has 11 heteroatoms. The highest BCUT2D eigenvalue weighted by molar-refractivity contribution is 7.89. The zero-order valence-electron chi connectivity index (χ0n) is 24.3. The lowest BCUT2D eigenvalue weighted by atomic mass is 9.91. The van der Waals surface area contributed by atoms with E-state index in [1.807, 2.05) is 27.7 Å². The fraction of sp³-hybridized carbons (Fsp3) is 0.448. The van der Waals surface area contributed by atoms with Crippen LogP contribution < -0.4 is 0 Å². The van der Waals surface area contributed by atoms with E-state index in [1.54, 1.807) is 57.2 Å². The molecule has 1 saturated heterocycles. The first kappa shape index (κ1) is 31.4. The van der Waals surface area contributed by atoms with Crippen molar-refractivity contribution in [3.8, 4) is 0 Å². The van der Waals surface area contributed by atoms with Crippen LogP contribution >= 0.6 is 11.6 Å². The van der Waals surface area contributed by atoms with Crippen molar-refractivity contribution in [2.24, 2.45) is 9.98 Å². The molecule has 0 N–H and O–H groups in total. The lowest BCUT2D eigenvalue weighted by molar-refractivity contribution is -0.162. The predicted molar refractivity (Wildman–Crippen MR) is 156 cm³/mol. The summed E-state index contributed by atoms with van der Waals surface area (Å²) in [6.07, 6.45) is 0. The number of carbonyl (C=O) groups excluding carboxylic acids is 2. The highest BCUT2D eigenvalue weighted by Crippen LogP contribution is 2.46. The van der Waals surface area contributed by atoms with Crippen LogP contribution in [0.3, 0.4) is 0 Å². The molecule has 0 spiro atoms. The first-order chi connectivity index (χ1) is 18.4. The third-order valence-corrected chi connectivity index (χ3v) is 8.16. The summed E-state index contributed by atoms with van der Waals surface area (Å²) >= 11 is 6.18. The van der Waals surface area contributed by atoms with Gasteiger partial charge < -0.3 is 9.47 Å². The standard InChI is InChI=1S/C29H36ClN3O6S/c1-18-10-16-21(17-11-18)40(36,37)33-23(19-12-14-20(30)15-13-19)22(31-27(2,3)4)24(32-28(5,6)7)29(33,25(34)38-8)26(35)39-9/h10-17,23H,1-9H3. The maximum Gasteiger partial charge on any atom is 0.345 e. The van der Waals surface area contributed by atoms with Gasteiger partial charge in [0.15, 0.2) is 0 Å². The minimum Gasteiger partial charge on any atom is -0.467 e. The zero-order chi connectivity index (χ0) is 30.3. The normalized spacial score (nSPS) is 20.1. The molecule has 9 nitrogen and oxygen atoms in total. The molecule has 2 aromatic carbocycles. The van der Waals surface area contributed by atoms with Crippen molar-refractivity contribution in [3.63, 3.8) is 0 Å². The molecule has 0 amide bonds. The molecule has 2 aromatic rings. The summed E-state index contributed by atoms with van der Waals surface area (Å²) in [5.74, 6) is -2.34. The van der Waals surface area contributed by atoms with E-state index in [4.69, 9.17) is 31.1 Å². The van der Waals surface area contributed by atoms with Gasteiger partial charge in [-0.3, -0.25) is 9.98 Å². The van der Waals surface area contributed by atoms with Crippen LogP contribution in [0.25, 0.3) is 0 Å². The topological polar surface area (TPSA) is 115 Å². The molecule has 0 bridgehead atoms. The first-order valence-electron chi connectivity index (χ1n) is 12.6. The number of nitrogens with zero attached hydrogens (tertiary/aromatic N) is 3. The molecule has 1 unspecified atom stereocenters. The van der Waals surface area contributed by atoms with Crippen LogP contribution in [-0.2, 0) is 29.1 Å². The van der Waals surface area contributed by atoms with Gasteiger partial charge in [-0.25, -0.2) is 18.0 Å². The summed E-state index contributed by atoms with van der Waals surface area (Å²) in [5, 5.41) is 0.416. The summed E-state index contributed by atoms with van der Waals surface area (Å²) in [7, 11) is -2.46. The summed E-state index contributed by atoms with van der Waals surface area (Å²) in [6.45, 7) is 12.6. The molecule has 1 atom stereocenters. The number of sulfonamides is 1. The Morgan fingerprint density at radius 1 is 0.850 bits per heavy atom. The number of methoxy groups -OCH3 is 2. The fourth-order valence-electron chi connectivity index (χ4n) is 4.51. The van der Waals surface area contributed by atoms with Crippen LogP contribution in [0.4, 0.5) is 0 Å². The number of rotatable bonds is 5. The van der Waals surface area contributed by atoms with Crippen LogP contribution in [0, 0.1) is 6.92 Å². The lowest BCUT2D eigenvalue weighted by Crippen LogP contribution is -2.63. The number of hydrogen-bond donors (Lipinski definition) is 0. The Hall–Kier alpha value is -3.08. The Morgan fingerprint density at radius 3 is 1.75 bits per heavy atom. The molecule has 3 rings (SSSR count). The third-order valence-electron chi connectivity index (χ3n) is 6.04. The van der Waals surface area contributed by atoms with E-state index >= 15 is 0 Å². The molecule has 1 aliphatic rings. The molecule has 1 aliphatic heterocycles. The highest BCUT2D eigenvalue weighted by atomic mass is 35.5. The van der Waals surface area contributed by atoms with Gasteiger partial charge in [-0.2, -0.15) is 4.31 Å². The second-order valence-corrected chi connectivity index (χ2v) is 13.8. The van der Waals surface area contributed by atoms with Crippen molar-refractivity contribution in [1.29, 1.82) is 0 Å². The average molecular weight is 590 g/mol. The van der Waals surface area contributed by atoms with Gasteiger partial charge in [-0.1, -0.05) is 41.4 Å². The Balaban J connectivity index is 2.67. The van der Waals surface area contributed by atoms with Gasteiger partial charge in [0.2, 0.25) is 10.0 Å². The Morgan fingerprint density at radius 2 is 1.32 bits per heavy atom. The maximum atomic E-state index is 14.6. The van der Waals surface area contributed by atoms with Crippen molar-refractivity contribution in [3.05, 3.63) is 64.7 Å². The van der Waals surface area contributed by atoms with Gasteiger partial charge in [0.05, 0.1) is 41.9 Å². The van der Waals surface area contributed by atoms with E-state index in [0.717, 1.165) is 24.1 Å². The van der Waals surface area contributed by atoms with Crippen molar-refractivity contribution in [2.75, 3.05) is 14.2 Å². The number of aliphatic imine (C=N–C) groups is 2. The summed E-state index contributed by atoms with van der Waals surface area (Å²) < 4.78 is 40.5. The Labute approximate surface area is 241 Å². The van der Waals surface area contributed by atoms with E-state index in [1.165, 1.54) is 12.1 Å². The smallest absolute Gasteiger partial charge is 0.345 e. The molecule has 0 aromatic heterocycles. The highest BCUT2D eigenvalue weighted by Gasteiger charge is 2.71. The summed E-state index contributed by atoms with van der Waals surface area (Å²) in [6, 6.07) is 11.3. The predicted octanol–water partition coefficient (Wildman–Crippen LogP) is 4.96. The van der Waals surface area contributed by atoms with E-state index in [2.05, 4.69) is 0 Å². The minimum atomic E-state index is -4.62. The minimum absolute atomic E-state index is 0.122. The van der Waals surface area contributed by atoms with Gasteiger partial charge in [0.25, 0.3) is 5.54 Å². The van der Waals surface area contributed by atoms with E-state index < -0.39 is 44.6 Å². The first-order valence-corrected chi connectivity index (χ1v) is 14.5. The maximum absolute atomic E-state index is 14.6. The molecular weight excluding hydrogens is 554 g/mol. The zero-order valence-corrected chi connectivity index (χ0v) is 25.8. The SMILES string of the molecule is COC(=O)C1(C(=O)OC)C(=NC(C)(C)C)C(=NC(C)(C)C)C(c2ccc(Cl)cc2)N1S(=O)(=O)c1ccc(C)cc1. The van der Waals surface area contributed by atoms with Crippen LogP contribution in [-0.4, -0.2) is 66.9 Å². The van der Waals surface area contributed by atoms with Gasteiger partial charge in [0.1, 0.15) is 5.71 Å². The lowest BCUT2D eigenvalue weighted by Gasteiger charge is -2.35. The molecule has 40 heavy (non-hydrogen) atoms. The van der Waals surface area contributed by atoms with Gasteiger partial charge in [0, 0.05) is 5.02 Å². The van der Waals surface area contributed by atoms with Gasteiger partial charge in [-0.05, 0) is 78.3 Å². The number of halogens is 1. The second-order valence-electron chi connectivity index (χ2n) is 11.6. The van der Waals surface area contributed by atoms with Crippen LogP contribution in [0.5, 0.6) is 0 Å². The molecule has 1 fully saturated rings. The molecule has 0 aliphatic carbocycles. The van der Waals surface area contributed by atoms with E-state index in [0.29, 0.717) is 10.6 Å². The second kappa shape index (κ2) is 11.1. The van der Waals surface area contributed by atoms with Crippen molar-refractivity contribution in [1.82, 2.24) is 4.31 Å². The largest absolute Gasteiger partial charge is 0.467 e. The molecule has 0 radical (unpaired) electrons. The van der Waals surface area contributed by atoms with Crippen LogP contribution in [0.1, 0.15) is 58.7 Å². The number of benzene rings is 2. The van der Waals surface area contributed by atoms with Gasteiger partial charge in [-0.15, -0.1) is 0 Å². The van der Waals surface area contributed by atoms with E-state index in [-0.39, 0.29) is 16.3 Å². The van der Waals surface area contributed by atoms with Crippen molar-refractivity contribution in [2.45, 2.75) is 76.0 Å². The van der Waals surface area contributed by atoms with Crippen molar-refractivity contribution < 1.29 is 27.5 Å². The molecule has 1 heterocycles. The summed E-state index contributed by atoms with van der Waals surface area (Å²) in [4.78, 5) is 37.4. The fourth-order valence-corrected chi connectivity index (χ4v) is 6.43. The Bertz CT molecular complexity index is 1440. The number of esters is 2.